The number of hydrazone groups is 1. The first-order valence-electron chi connectivity index (χ1n) is 6.50. The Kier molecular flexibility index (Phi) is 7.73. The zero-order valence-corrected chi connectivity index (χ0v) is 13.8. The van der Waals surface area contributed by atoms with Crippen molar-refractivity contribution >= 4 is 45.9 Å². The minimum absolute atomic E-state index is 0.0119. The number of ether oxygens (including phenoxy) is 1. The van der Waals surface area contributed by atoms with Crippen LogP contribution in [0.25, 0.3) is 0 Å². The summed E-state index contributed by atoms with van der Waals surface area (Å²) >= 11 is 2.19. The summed E-state index contributed by atoms with van der Waals surface area (Å²) in [6.45, 7) is 1.96. The van der Waals surface area contributed by atoms with Gasteiger partial charge in [0.15, 0.2) is 0 Å². The van der Waals surface area contributed by atoms with E-state index in [2.05, 4.69) is 33.1 Å². The fourth-order valence-electron chi connectivity index (χ4n) is 1.48. The molecule has 0 radical (unpaired) electrons. The van der Waals surface area contributed by atoms with Crippen LogP contribution >= 0.6 is 22.6 Å². The number of rotatable bonds is 8. The molecule has 1 aromatic rings. The van der Waals surface area contributed by atoms with E-state index in [1.807, 2.05) is 24.3 Å². The van der Waals surface area contributed by atoms with Crippen molar-refractivity contribution in [1.82, 2.24) is 0 Å². The molecule has 7 heteroatoms. The van der Waals surface area contributed by atoms with E-state index in [4.69, 9.17) is 9.84 Å². The van der Waals surface area contributed by atoms with Gasteiger partial charge in [-0.15, -0.1) is 0 Å². The average molecular weight is 404 g/mol. The van der Waals surface area contributed by atoms with Crippen molar-refractivity contribution < 1.29 is 19.4 Å². The molecule has 0 fully saturated rings. The number of esters is 1. The van der Waals surface area contributed by atoms with Gasteiger partial charge >= 0.3 is 11.9 Å². The Labute approximate surface area is 136 Å². The van der Waals surface area contributed by atoms with Gasteiger partial charge in [0.2, 0.25) is 0 Å². The summed E-state index contributed by atoms with van der Waals surface area (Å²) < 4.78 is 6.00. The topological polar surface area (TPSA) is 88.0 Å². The zero-order valence-electron chi connectivity index (χ0n) is 11.6. The molecule has 0 atom stereocenters. The predicted molar refractivity (Wildman–Crippen MR) is 88.3 cm³/mol. The molecule has 0 spiro atoms. The molecule has 1 aromatic carbocycles. The van der Waals surface area contributed by atoms with Gasteiger partial charge in [-0.2, -0.15) is 5.10 Å². The molecule has 0 unspecified atom stereocenters. The first kappa shape index (κ1) is 17.4. The minimum atomic E-state index is -0.899. The second-order valence-electron chi connectivity index (χ2n) is 4.14. The van der Waals surface area contributed by atoms with Gasteiger partial charge in [-0.1, -0.05) is 0 Å². The summed E-state index contributed by atoms with van der Waals surface area (Å²) in [5, 5.41) is 12.7. The van der Waals surface area contributed by atoms with Crippen LogP contribution in [0, 0.1) is 3.57 Å². The van der Waals surface area contributed by atoms with Gasteiger partial charge in [0.1, 0.15) is 5.71 Å². The summed E-state index contributed by atoms with van der Waals surface area (Å²) in [6.07, 6.45) is 0.575. The van der Waals surface area contributed by atoms with Crippen molar-refractivity contribution in [3.8, 4) is 0 Å². The highest BCUT2D eigenvalue weighted by molar-refractivity contribution is 14.1. The van der Waals surface area contributed by atoms with Gasteiger partial charge in [-0.25, -0.2) is 4.79 Å². The second-order valence-corrected chi connectivity index (χ2v) is 5.39. The van der Waals surface area contributed by atoms with Crippen molar-refractivity contribution in [2.45, 2.75) is 26.2 Å². The second kappa shape index (κ2) is 9.32. The highest BCUT2D eigenvalue weighted by atomic mass is 127. The molecule has 0 aliphatic heterocycles. The smallest absolute Gasteiger partial charge is 0.354 e. The molecule has 114 valence electrons. The van der Waals surface area contributed by atoms with Crippen LogP contribution in [0.4, 0.5) is 5.69 Å². The lowest BCUT2D eigenvalue weighted by molar-refractivity contribution is -0.137. The number of benzene rings is 1. The molecule has 0 bridgehead atoms. The third-order valence-corrected chi connectivity index (χ3v) is 3.20. The number of hydrogen-bond acceptors (Lipinski definition) is 5. The number of halogens is 1. The summed E-state index contributed by atoms with van der Waals surface area (Å²) in [7, 11) is 0. The molecule has 0 heterocycles. The fraction of sp³-hybridized carbons (Fsp3) is 0.357. The van der Waals surface area contributed by atoms with Crippen LogP contribution < -0.4 is 5.43 Å². The van der Waals surface area contributed by atoms with Crippen LogP contribution in [0.5, 0.6) is 0 Å². The van der Waals surface area contributed by atoms with E-state index in [0.717, 1.165) is 9.26 Å². The van der Waals surface area contributed by atoms with E-state index in [1.54, 1.807) is 6.92 Å². The molecule has 0 aliphatic carbocycles. The molecular weight excluding hydrogens is 387 g/mol. The number of carboxylic acids is 1. The molecular formula is C14H17IN2O4. The largest absolute Gasteiger partial charge is 0.481 e. The normalized spacial score (nSPS) is 11.0. The first-order valence-corrected chi connectivity index (χ1v) is 7.58. The Hall–Kier alpha value is -1.64. The van der Waals surface area contributed by atoms with E-state index in [0.29, 0.717) is 6.42 Å². The van der Waals surface area contributed by atoms with Crippen molar-refractivity contribution in [3.63, 3.8) is 0 Å². The number of hydrogen-bond donors (Lipinski definition) is 2. The lowest BCUT2D eigenvalue weighted by atomic mass is 10.1. The maximum absolute atomic E-state index is 11.8. The third kappa shape index (κ3) is 7.07. The van der Waals surface area contributed by atoms with Crippen LogP contribution in [0.3, 0.4) is 0 Å². The number of carbonyl (C=O) groups is 2. The van der Waals surface area contributed by atoms with Gasteiger partial charge in [-0.05, 0) is 66.6 Å². The van der Waals surface area contributed by atoms with Crippen molar-refractivity contribution in [2.75, 3.05) is 12.0 Å². The van der Waals surface area contributed by atoms with Gasteiger partial charge < -0.3 is 9.84 Å². The lowest BCUT2D eigenvalue weighted by Crippen LogP contribution is -2.19. The van der Waals surface area contributed by atoms with E-state index in [1.165, 1.54) is 0 Å². The minimum Gasteiger partial charge on any atom is -0.481 e. The van der Waals surface area contributed by atoms with Crippen LogP contribution in [0.15, 0.2) is 29.4 Å². The fourth-order valence-corrected chi connectivity index (χ4v) is 1.84. The van der Waals surface area contributed by atoms with Gasteiger partial charge in [0, 0.05) is 9.99 Å². The average Bonchev–Trinajstić information content (AvgIpc) is 2.44. The summed E-state index contributed by atoms with van der Waals surface area (Å²) in [4.78, 5) is 22.3. The zero-order chi connectivity index (χ0) is 15.7. The van der Waals surface area contributed by atoms with Crippen molar-refractivity contribution in [2.24, 2.45) is 5.10 Å². The van der Waals surface area contributed by atoms with Crippen LogP contribution in [0.1, 0.15) is 26.2 Å². The maximum atomic E-state index is 11.8. The molecule has 2 N–H and O–H groups in total. The molecule has 1 rings (SSSR count). The van der Waals surface area contributed by atoms with Gasteiger partial charge in [-0.3, -0.25) is 10.2 Å². The molecule has 0 aliphatic rings. The third-order valence-electron chi connectivity index (χ3n) is 2.48. The van der Waals surface area contributed by atoms with Gasteiger partial charge in [0.25, 0.3) is 0 Å². The van der Waals surface area contributed by atoms with Crippen LogP contribution in [-0.2, 0) is 14.3 Å². The number of carboxylic acid groups (broad SMARTS) is 1. The molecule has 0 saturated carbocycles. The van der Waals surface area contributed by atoms with Crippen LogP contribution in [0.2, 0.25) is 0 Å². The Morgan fingerprint density at radius 1 is 1.29 bits per heavy atom. The maximum Gasteiger partial charge on any atom is 0.354 e. The number of nitrogens with one attached hydrogen (secondary N) is 1. The number of nitrogens with zero attached hydrogens (tertiary/aromatic N) is 1. The summed E-state index contributed by atoms with van der Waals surface area (Å²) in [6, 6.07) is 7.50. The highest BCUT2D eigenvalue weighted by Crippen LogP contribution is 2.11. The van der Waals surface area contributed by atoms with E-state index < -0.39 is 11.9 Å². The Morgan fingerprint density at radius 3 is 2.52 bits per heavy atom. The van der Waals surface area contributed by atoms with Crippen LogP contribution in [-0.4, -0.2) is 29.4 Å². The van der Waals surface area contributed by atoms with E-state index >= 15 is 0 Å². The number of aliphatic carboxylic acids is 1. The summed E-state index contributed by atoms with van der Waals surface area (Å²) in [5.41, 5.74) is 3.72. The highest BCUT2D eigenvalue weighted by Gasteiger charge is 2.13. The van der Waals surface area contributed by atoms with Crippen molar-refractivity contribution in [3.05, 3.63) is 27.8 Å². The lowest BCUT2D eigenvalue weighted by Gasteiger charge is -2.07. The molecule has 21 heavy (non-hydrogen) atoms. The monoisotopic (exact) mass is 404 g/mol. The standard InChI is InChI=1S/C14H17IN2O4/c1-2-21-14(20)12(4-3-5-13(18)19)17-16-11-8-6-10(15)7-9-11/h6-9,16H,2-5H2,1H3,(H,18,19)/b17-12-. The Bertz CT molecular complexity index is 514. The SMILES string of the molecule is CCOC(=O)/C(CCCC(=O)O)=N\Nc1ccc(I)cc1. The Balaban J connectivity index is 2.69. The quantitative estimate of drug-likeness (QED) is 0.301. The number of carbonyl (C=O) groups excluding carboxylic acids is 1. The van der Waals surface area contributed by atoms with Gasteiger partial charge in [0.05, 0.1) is 12.3 Å². The Morgan fingerprint density at radius 2 is 1.95 bits per heavy atom. The molecule has 0 amide bonds. The van der Waals surface area contributed by atoms with Crippen molar-refractivity contribution in [1.29, 1.82) is 0 Å². The van der Waals surface area contributed by atoms with E-state index in [9.17, 15) is 9.59 Å². The summed E-state index contributed by atoms with van der Waals surface area (Å²) in [5.74, 6) is -1.43. The predicted octanol–water partition coefficient (Wildman–Crippen LogP) is 2.88. The molecule has 0 saturated heterocycles. The first-order chi connectivity index (χ1) is 10.0. The number of anilines is 1. The van der Waals surface area contributed by atoms with E-state index in [-0.39, 0.29) is 25.2 Å². The molecule has 6 nitrogen and oxygen atoms in total. The molecule has 0 aromatic heterocycles.